The normalized spacial score (nSPS) is 19.6. The van der Waals surface area contributed by atoms with E-state index in [1.807, 2.05) is 0 Å². The van der Waals surface area contributed by atoms with Crippen molar-refractivity contribution in [2.75, 3.05) is 11.5 Å². The first-order valence-electron chi connectivity index (χ1n) is 10.9. The van der Waals surface area contributed by atoms with Gasteiger partial charge < -0.3 is 26.1 Å². The molecule has 2 aromatic heterocycles. The number of rotatable bonds is 10. The lowest BCUT2D eigenvalue weighted by Gasteiger charge is -2.49. The predicted octanol–water partition coefficient (Wildman–Crippen LogP) is -0.123. The Hall–Kier alpha value is -3.97. The molecule has 19 heteroatoms. The van der Waals surface area contributed by atoms with Crippen LogP contribution < -0.4 is 11.1 Å². The number of aryl methyl sites for hydroxylation is 1. The number of aliphatic carboxylic acids is 2. The molecule has 16 nitrogen and oxygen atoms in total. The van der Waals surface area contributed by atoms with Crippen LogP contribution in [-0.4, -0.2) is 92.5 Å². The van der Waals surface area contributed by atoms with E-state index in [0.29, 0.717) is 10.7 Å². The number of aromatic nitrogens is 5. The van der Waals surface area contributed by atoms with Crippen molar-refractivity contribution >= 4 is 69.5 Å². The van der Waals surface area contributed by atoms with Gasteiger partial charge in [0.15, 0.2) is 10.8 Å². The zero-order valence-electron chi connectivity index (χ0n) is 20.5. The summed E-state index contributed by atoms with van der Waals surface area (Å²) >= 11 is 3.46. The van der Waals surface area contributed by atoms with Crippen molar-refractivity contribution in [1.29, 1.82) is 0 Å². The van der Waals surface area contributed by atoms with Crippen LogP contribution in [0.5, 0.6) is 0 Å². The van der Waals surface area contributed by atoms with E-state index in [1.165, 1.54) is 47.4 Å². The Balaban J connectivity index is 1.52. The van der Waals surface area contributed by atoms with Crippen molar-refractivity contribution in [3.05, 3.63) is 33.8 Å². The molecule has 4 rings (SSSR count). The lowest BCUT2D eigenvalue weighted by Crippen LogP contribution is -2.71. The summed E-state index contributed by atoms with van der Waals surface area (Å²) in [5, 5.41) is 39.4. The number of allylic oxidation sites excluding steroid dienone is 1. The van der Waals surface area contributed by atoms with Crippen LogP contribution in [0, 0.1) is 0 Å². The molecule has 206 valence electrons. The number of carboxylic acid groups (broad SMARTS) is 2. The Morgan fingerprint density at radius 2 is 2.10 bits per heavy atom. The number of amides is 2. The summed E-state index contributed by atoms with van der Waals surface area (Å²) in [6.07, 6.45) is 1.57. The summed E-state index contributed by atoms with van der Waals surface area (Å²) in [7, 11) is 1.66. The van der Waals surface area contributed by atoms with E-state index >= 15 is 0 Å². The zero-order chi connectivity index (χ0) is 28.5. The van der Waals surface area contributed by atoms with Gasteiger partial charge in [-0.05, 0) is 41.3 Å². The second-order valence-corrected chi connectivity index (χ2v) is 11.3. The molecule has 0 radical (unpaired) electrons. The molecular weight excluding hydrogens is 574 g/mol. The molecule has 0 bridgehead atoms. The fourth-order valence-electron chi connectivity index (χ4n) is 3.28. The molecule has 39 heavy (non-hydrogen) atoms. The van der Waals surface area contributed by atoms with Gasteiger partial charge in [-0.1, -0.05) is 16.9 Å². The molecule has 0 saturated carbocycles. The number of fused-ring (bicyclic) bond motifs is 1. The molecule has 1 saturated heterocycles. The highest BCUT2D eigenvalue weighted by Crippen LogP contribution is 2.41. The number of anilines is 1. The Morgan fingerprint density at radius 1 is 1.36 bits per heavy atom. The molecule has 2 amide bonds. The first kappa shape index (κ1) is 28.0. The summed E-state index contributed by atoms with van der Waals surface area (Å²) < 4.78 is 1.45. The number of nitrogen functional groups attached to an aromatic ring is 1. The Bertz CT molecular complexity index is 1430. The maximum Gasteiger partial charge on any atom is 0.352 e. The number of oxime groups is 1. The van der Waals surface area contributed by atoms with Crippen LogP contribution in [0.15, 0.2) is 38.4 Å². The van der Waals surface area contributed by atoms with Gasteiger partial charge in [0.2, 0.25) is 10.8 Å². The van der Waals surface area contributed by atoms with Gasteiger partial charge in [0.1, 0.15) is 22.8 Å². The Kier molecular flexibility index (Phi) is 7.93. The number of hydrogen-bond acceptors (Lipinski definition) is 14. The Labute approximate surface area is 232 Å². The van der Waals surface area contributed by atoms with Gasteiger partial charge in [0.25, 0.3) is 11.8 Å². The minimum atomic E-state index is -1.76. The van der Waals surface area contributed by atoms with Gasteiger partial charge in [-0.25, -0.2) is 19.3 Å². The molecule has 2 atom stereocenters. The van der Waals surface area contributed by atoms with Crippen LogP contribution >= 0.6 is 34.9 Å². The number of hydrogen-bond donors (Lipinski definition) is 4. The minimum Gasteiger partial charge on any atom is -0.478 e. The van der Waals surface area contributed by atoms with Gasteiger partial charge in [-0.15, -0.1) is 28.2 Å². The number of nitrogens with zero attached hydrogens (tertiary/aromatic N) is 7. The quantitative estimate of drug-likeness (QED) is 0.121. The van der Waals surface area contributed by atoms with Crippen molar-refractivity contribution in [3.63, 3.8) is 0 Å². The highest BCUT2D eigenvalue weighted by atomic mass is 32.2. The second-order valence-electron chi connectivity index (χ2n) is 8.46. The maximum atomic E-state index is 13.1. The Morgan fingerprint density at radius 3 is 2.69 bits per heavy atom. The summed E-state index contributed by atoms with van der Waals surface area (Å²) in [4.78, 5) is 59.8. The van der Waals surface area contributed by atoms with Crippen LogP contribution in [0.3, 0.4) is 0 Å². The van der Waals surface area contributed by atoms with Gasteiger partial charge in [0, 0.05) is 18.2 Å². The monoisotopic (exact) mass is 595 g/mol. The molecule has 2 unspecified atom stereocenters. The van der Waals surface area contributed by atoms with E-state index in [0.717, 1.165) is 16.2 Å². The van der Waals surface area contributed by atoms with Gasteiger partial charge in [-0.2, -0.15) is 0 Å². The average Bonchev–Trinajstić information content (AvgIpc) is 3.49. The largest absolute Gasteiger partial charge is 0.478 e. The SMILES string of the molecule is Cn1nnnc1S/C=C/C1=C(C(=O)O)N2C(=O)C(NC(=O)/C(=N\OC(C)(C)C(=O)O)c3csc(N)n3)C2SC1. The molecule has 2 aliphatic rings. The molecule has 5 N–H and O–H groups in total. The predicted molar refractivity (Wildman–Crippen MR) is 139 cm³/mol. The lowest BCUT2D eigenvalue weighted by atomic mass is 10.0. The van der Waals surface area contributed by atoms with E-state index in [2.05, 4.69) is 31.0 Å². The van der Waals surface area contributed by atoms with E-state index < -0.39 is 46.5 Å². The van der Waals surface area contributed by atoms with E-state index in [9.17, 15) is 29.4 Å². The third-order valence-electron chi connectivity index (χ3n) is 5.37. The molecule has 2 aromatic rings. The number of carbonyl (C=O) groups excluding carboxylic acids is 2. The van der Waals surface area contributed by atoms with Crippen LogP contribution in [0.1, 0.15) is 19.5 Å². The number of nitrogens with one attached hydrogen (secondary N) is 1. The summed E-state index contributed by atoms with van der Waals surface area (Å²) in [6.45, 7) is 2.48. The van der Waals surface area contributed by atoms with Gasteiger partial charge in [0.05, 0.1) is 0 Å². The number of thioether (sulfide) groups is 2. The summed E-state index contributed by atoms with van der Waals surface area (Å²) in [5.41, 5.74) is 3.73. The van der Waals surface area contributed by atoms with Crippen LogP contribution in [0.2, 0.25) is 0 Å². The molecule has 4 heterocycles. The van der Waals surface area contributed by atoms with Crippen LogP contribution in [0.25, 0.3) is 0 Å². The summed E-state index contributed by atoms with van der Waals surface area (Å²) in [6, 6.07) is -1.07. The van der Waals surface area contributed by atoms with Gasteiger partial charge in [-0.3, -0.25) is 14.5 Å². The highest BCUT2D eigenvalue weighted by molar-refractivity contribution is 8.02. The molecule has 2 aliphatic heterocycles. The van der Waals surface area contributed by atoms with Crippen LogP contribution in [0.4, 0.5) is 5.13 Å². The van der Waals surface area contributed by atoms with E-state index in [-0.39, 0.29) is 22.3 Å². The molecule has 0 aliphatic carbocycles. The highest BCUT2D eigenvalue weighted by Gasteiger charge is 2.54. The fourth-order valence-corrected chi connectivity index (χ4v) is 5.77. The molecule has 0 aromatic carbocycles. The third-order valence-corrected chi connectivity index (χ3v) is 8.18. The van der Waals surface area contributed by atoms with E-state index in [4.69, 9.17) is 10.6 Å². The first-order valence-corrected chi connectivity index (χ1v) is 13.7. The van der Waals surface area contributed by atoms with E-state index in [1.54, 1.807) is 18.5 Å². The number of carboxylic acids is 2. The second kappa shape index (κ2) is 11.0. The maximum absolute atomic E-state index is 13.1. The standard InChI is InChI=1S/C20H21N9O7S3/c1-20(2,17(34)35)36-25-10(9-7-39-18(21)22-9)13(30)23-11-14(31)29-12(16(32)33)8(6-38-15(11)29)4-5-37-19-24-26-27-28(19)3/h4-5,7,11,15H,6H2,1-3H3,(H2,21,22)(H,23,30)(H,32,33)(H,34,35)/b5-4+,25-10-. The van der Waals surface area contributed by atoms with Gasteiger partial charge >= 0.3 is 11.9 Å². The number of carbonyl (C=O) groups is 4. The smallest absolute Gasteiger partial charge is 0.352 e. The molecule has 1 fully saturated rings. The fraction of sp³-hybridized carbons (Fsp3) is 0.350. The van der Waals surface area contributed by atoms with Crippen molar-refractivity contribution in [2.45, 2.75) is 36.0 Å². The number of thiazole rings is 1. The average molecular weight is 596 g/mol. The van der Waals surface area contributed by atoms with Crippen molar-refractivity contribution in [3.8, 4) is 0 Å². The zero-order valence-corrected chi connectivity index (χ0v) is 22.9. The van der Waals surface area contributed by atoms with Crippen molar-refractivity contribution in [1.82, 2.24) is 35.4 Å². The lowest BCUT2D eigenvalue weighted by molar-refractivity contribution is -0.161. The van der Waals surface area contributed by atoms with Crippen molar-refractivity contribution in [2.24, 2.45) is 12.2 Å². The van der Waals surface area contributed by atoms with Crippen molar-refractivity contribution < 1.29 is 34.2 Å². The third kappa shape index (κ3) is 5.73. The minimum absolute atomic E-state index is 0.0188. The molecule has 0 spiro atoms. The number of tetrazole rings is 1. The topological polar surface area (TPSA) is 228 Å². The number of nitrogens with two attached hydrogens (primary N) is 1. The number of β-lactam (4-membered cyclic amide) rings is 1. The molecular formula is C20H21N9O7S3. The first-order chi connectivity index (χ1) is 18.4. The summed E-state index contributed by atoms with van der Waals surface area (Å²) in [5.74, 6) is -3.89. The van der Waals surface area contributed by atoms with Crippen LogP contribution in [-0.2, 0) is 31.1 Å².